The molecule has 14 heavy (non-hydrogen) atoms. The Hall–Kier alpha value is -1.19. The van der Waals surface area contributed by atoms with Gasteiger partial charge in [0.2, 0.25) is 0 Å². The molecule has 0 fully saturated rings. The lowest BCUT2D eigenvalue weighted by Crippen LogP contribution is -2.11. The van der Waals surface area contributed by atoms with Crippen LogP contribution in [0.1, 0.15) is 24.0 Å². The van der Waals surface area contributed by atoms with Crippen LogP contribution in [-0.2, 0) is 6.42 Å². The Balaban J connectivity index is 2.49. The molecule has 0 saturated carbocycles. The third-order valence-electron chi connectivity index (χ3n) is 2.28. The number of benzene rings is 1. The number of halogens is 3. The molecule has 2 rings (SSSR count). The Labute approximate surface area is 79.5 Å². The Morgan fingerprint density at radius 1 is 1.29 bits per heavy atom. The van der Waals surface area contributed by atoms with Gasteiger partial charge in [-0.15, -0.1) is 0 Å². The average molecular weight is 202 g/mol. The van der Waals surface area contributed by atoms with E-state index in [9.17, 15) is 13.2 Å². The zero-order valence-corrected chi connectivity index (χ0v) is 7.40. The van der Waals surface area contributed by atoms with Crippen molar-refractivity contribution in [3.05, 3.63) is 29.1 Å². The lowest BCUT2D eigenvalue weighted by molar-refractivity contribution is 0.144. The van der Waals surface area contributed by atoms with Gasteiger partial charge in [-0.05, 0) is 24.5 Å². The van der Waals surface area contributed by atoms with Crippen molar-refractivity contribution in [1.82, 2.24) is 0 Å². The Kier molecular flexibility index (Phi) is 2.35. The monoisotopic (exact) mass is 202 g/mol. The minimum absolute atomic E-state index is 0.00838. The molecule has 1 aromatic rings. The smallest absolute Gasteiger partial charge is 0.266 e. The SMILES string of the molecule is Fc1c(C(F)F)ccc2c1OCCC2. The third-order valence-corrected chi connectivity index (χ3v) is 2.28. The molecule has 1 nitrogen and oxygen atoms in total. The molecule has 0 aliphatic carbocycles. The van der Waals surface area contributed by atoms with Crippen LogP contribution in [0.4, 0.5) is 13.2 Å². The van der Waals surface area contributed by atoms with Crippen LogP contribution >= 0.6 is 0 Å². The predicted molar refractivity (Wildman–Crippen MR) is 45.2 cm³/mol. The molecule has 0 radical (unpaired) electrons. The van der Waals surface area contributed by atoms with Crippen LogP contribution < -0.4 is 4.74 Å². The van der Waals surface area contributed by atoms with Crippen LogP contribution in [-0.4, -0.2) is 6.61 Å². The topological polar surface area (TPSA) is 9.23 Å². The summed E-state index contributed by atoms with van der Waals surface area (Å²) in [6.45, 7) is 0.399. The highest BCUT2D eigenvalue weighted by atomic mass is 19.3. The number of aryl methyl sites for hydroxylation is 1. The number of ether oxygens (including phenoxy) is 1. The van der Waals surface area contributed by atoms with Gasteiger partial charge < -0.3 is 4.74 Å². The zero-order valence-electron chi connectivity index (χ0n) is 7.40. The molecule has 1 aliphatic heterocycles. The van der Waals surface area contributed by atoms with E-state index in [2.05, 4.69) is 0 Å². The normalized spacial score (nSPS) is 15.1. The van der Waals surface area contributed by atoms with E-state index in [4.69, 9.17) is 4.74 Å². The summed E-state index contributed by atoms with van der Waals surface area (Å²) in [4.78, 5) is 0. The van der Waals surface area contributed by atoms with E-state index in [0.717, 1.165) is 12.5 Å². The molecule has 0 amide bonds. The summed E-state index contributed by atoms with van der Waals surface area (Å²) in [5.74, 6) is -0.897. The third kappa shape index (κ3) is 1.45. The molecule has 0 N–H and O–H groups in total. The fourth-order valence-corrected chi connectivity index (χ4v) is 1.57. The quantitative estimate of drug-likeness (QED) is 0.679. The van der Waals surface area contributed by atoms with E-state index in [1.165, 1.54) is 6.07 Å². The van der Waals surface area contributed by atoms with Gasteiger partial charge in [-0.25, -0.2) is 13.2 Å². The summed E-state index contributed by atoms with van der Waals surface area (Å²) in [7, 11) is 0. The molecule has 0 bridgehead atoms. The molecular weight excluding hydrogens is 193 g/mol. The van der Waals surface area contributed by atoms with Crippen LogP contribution in [0.2, 0.25) is 0 Å². The van der Waals surface area contributed by atoms with Crippen molar-refractivity contribution >= 4 is 0 Å². The van der Waals surface area contributed by atoms with Crippen LogP contribution in [0.5, 0.6) is 5.75 Å². The van der Waals surface area contributed by atoms with Crippen molar-refractivity contribution in [1.29, 1.82) is 0 Å². The highest BCUT2D eigenvalue weighted by Gasteiger charge is 2.22. The van der Waals surface area contributed by atoms with Gasteiger partial charge in [0.05, 0.1) is 12.2 Å². The lowest BCUT2D eigenvalue weighted by Gasteiger charge is -2.18. The van der Waals surface area contributed by atoms with E-state index < -0.39 is 17.8 Å². The molecular formula is C10H9F3O. The summed E-state index contributed by atoms with van der Waals surface area (Å²) >= 11 is 0. The minimum Gasteiger partial charge on any atom is -0.490 e. The molecule has 1 heterocycles. The standard InChI is InChI=1S/C10H9F3O/c11-8-7(10(12)13)4-3-6-2-1-5-14-9(6)8/h3-4,10H,1-2,5H2. The number of fused-ring (bicyclic) bond motifs is 1. The molecule has 1 aromatic carbocycles. The van der Waals surface area contributed by atoms with E-state index in [0.29, 0.717) is 18.6 Å². The van der Waals surface area contributed by atoms with Crippen molar-refractivity contribution in [3.8, 4) is 5.75 Å². The first-order valence-corrected chi connectivity index (χ1v) is 4.42. The maximum atomic E-state index is 13.4. The van der Waals surface area contributed by atoms with Gasteiger partial charge in [-0.2, -0.15) is 0 Å². The molecule has 0 spiro atoms. The van der Waals surface area contributed by atoms with Crippen molar-refractivity contribution in [2.75, 3.05) is 6.61 Å². The van der Waals surface area contributed by atoms with Crippen LogP contribution in [0.25, 0.3) is 0 Å². The van der Waals surface area contributed by atoms with Crippen LogP contribution in [0.15, 0.2) is 12.1 Å². The van der Waals surface area contributed by atoms with Crippen molar-refractivity contribution in [3.63, 3.8) is 0 Å². The van der Waals surface area contributed by atoms with Gasteiger partial charge in [-0.1, -0.05) is 6.07 Å². The Bertz CT molecular complexity index is 349. The van der Waals surface area contributed by atoms with E-state index in [1.807, 2.05) is 0 Å². The van der Waals surface area contributed by atoms with E-state index in [-0.39, 0.29) is 5.75 Å². The lowest BCUT2D eigenvalue weighted by atomic mass is 10.0. The summed E-state index contributed by atoms with van der Waals surface area (Å²) < 4.78 is 43.0. The second kappa shape index (κ2) is 3.52. The second-order valence-electron chi connectivity index (χ2n) is 3.21. The summed E-state index contributed by atoms with van der Waals surface area (Å²) in [5, 5.41) is 0. The summed E-state index contributed by atoms with van der Waals surface area (Å²) in [6, 6.07) is 2.65. The second-order valence-corrected chi connectivity index (χ2v) is 3.21. The van der Waals surface area contributed by atoms with Gasteiger partial charge >= 0.3 is 0 Å². The highest BCUT2D eigenvalue weighted by molar-refractivity contribution is 5.41. The van der Waals surface area contributed by atoms with Crippen molar-refractivity contribution in [2.24, 2.45) is 0 Å². The fourth-order valence-electron chi connectivity index (χ4n) is 1.57. The van der Waals surface area contributed by atoms with Gasteiger partial charge in [0, 0.05) is 0 Å². The van der Waals surface area contributed by atoms with Gasteiger partial charge in [0.25, 0.3) is 6.43 Å². The molecule has 0 saturated heterocycles. The minimum atomic E-state index is -2.79. The maximum Gasteiger partial charge on any atom is 0.266 e. The van der Waals surface area contributed by atoms with Gasteiger partial charge in [0.15, 0.2) is 11.6 Å². The number of hydrogen-bond donors (Lipinski definition) is 0. The number of rotatable bonds is 1. The average Bonchev–Trinajstić information content (AvgIpc) is 2.18. The molecule has 0 aromatic heterocycles. The Morgan fingerprint density at radius 3 is 2.79 bits per heavy atom. The largest absolute Gasteiger partial charge is 0.490 e. The molecule has 1 aliphatic rings. The van der Waals surface area contributed by atoms with E-state index in [1.54, 1.807) is 0 Å². The predicted octanol–water partition coefficient (Wildman–Crippen LogP) is 3.09. The molecule has 4 heteroatoms. The van der Waals surface area contributed by atoms with E-state index >= 15 is 0 Å². The van der Waals surface area contributed by atoms with Crippen molar-refractivity contribution < 1.29 is 17.9 Å². The molecule has 0 atom stereocenters. The van der Waals surface area contributed by atoms with Crippen LogP contribution in [0, 0.1) is 5.82 Å². The first kappa shape index (κ1) is 9.37. The molecule has 76 valence electrons. The maximum absolute atomic E-state index is 13.4. The number of hydrogen-bond acceptors (Lipinski definition) is 1. The van der Waals surface area contributed by atoms with Crippen molar-refractivity contribution in [2.45, 2.75) is 19.3 Å². The first-order chi connectivity index (χ1) is 6.70. The summed E-state index contributed by atoms with van der Waals surface area (Å²) in [6.07, 6.45) is -1.29. The van der Waals surface area contributed by atoms with Gasteiger partial charge in [-0.3, -0.25) is 0 Å². The zero-order chi connectivity index (χ0) is 10.1. The summed E-state index contributed by atoms with van der Waals surface area (Å²) in [5.41, 5.74) is 0.101. The Morgan fingerprint density at radius 2 is 2.07 bits per heavy atom. The number of alkyl halides is 2. The molecule has 0 unspecified atom stereocenters. The fraction of sp³-hybridized carbons (Fsp3) is 0.400. The highest BCUT2D eigenvalue weighted by Crippen LogP contribution is 2.33. The van der Waals surface area contributed by atoms with Crippen LogP contribution in [0.3, 0.4) is 0 Å². The first-order valence-electron chi connectivity index (χ1n) is 4.42. The van der Waals surface area contributed by atoms with Gasteiger partial charge in [0.1, 0.15) is 0 Å².